The zero-order valence-electron chi connectivity index (χ0n) is 10.3. The highest BCUT2D eigenvalue weighted by Gasteiger charge is 2.09. The van der Waals surface area contributed by atoms with Gasteiger partial charge in [0.1, 0.15) is 12.4 Å². The lowest BCUT2D eigenvalue weighted by Crippen LogP contribution is -2.04. The van der Waals surface area contributed by atoms with Crippen LogP contribution in [0.3, 0.4) is 0 Å². The third-order valence-electron chi connectivity index (χ3n) is 3.03. The van der Waals surface area contributed by atoms with Gasteiger partial charge in [-0.15, -0.1) is 0 Å². The second-order valence-electron chi connectivity index (χ2n) is 4.37. The molecule has 0 amide bonds. The number of imidazole rings is 1. The number of aliphatic hydroxyl groups excluding tert-OH is 2. The molecule has 0 spiro atoms. The van der Waals surface area contributed by atoms with Gasteiger partial charge in [0.05, 0.1) is 11.0 Å². The summed E-state index contributed by atoms with van der Waals surface area (Å²) in [5.74, 6) is 0.666. The first-order chi connectivity index (χ1) is 8.76. The van der Waals surface area contributed by atoms with Crippen molar-refractivity contribution in [1.82, 2.24) is 9.55 Å². The fourth-order valence-corrected chi connectivity index (χ4v) is 2.13. The molecule has 0 unspecified atom stereocenters. The molecule has 1 heterocycles. The number of benzene rings is 1. The number of rotatable bonds is 6. The molecule has 0 aliphatic rings. The van der Waals surface area contributed by atoms with E-state index >= 15 is 0 Å². The normalized spacial score (nSPS) is 11.2. The van der Waals surface area contributed by atoms with Crippen LogP contribution >= 0.6 is 0 Å². The SMILES string of the molecule is Nc1ccc2c(c1)nc(CO)n2CCCCCO. The molecule has 0 radical (unpaired) electrons. The van der Waals surface area contributed by atoms with E-state index in [1.54, 1.807) is 0 Å². The van der Waals surface area contributed by atoms with Crippen LogP contribution in [0.15, 0.2) is 18.2 Å². The van der Waals surface area contributed by atoms with Gasteiger partial charge in [0.2, 0.25) is 0 Å². The molecule has 2 aromatic rings. The summed E-state index contributed by atoms with van der Waals surface area (Å²) in [7, 11) is 0. The summed E-state index contributed by atoms with van der Waals surface area (Å²) in [5, 5.41) is 18.1. The Morgan fingerprint density at radius 1 is 1.17 bits per heavy atom. The average Bonchev–Trinajstić information content (AvgIpc) is 2.71. The smallest absolute Gasteiger partial charge is 0.135 e. The molecule has 2 rings (SSSR count). The van der Waals surface area contributed by atoms with E-state index < -0.39 is 0 Å². The number of hydrogen-bond acceptors (Lipinski definition) is 4. The summed E-state index contributed by atoms with van der Waals surface area (Å²) in [6.07, 6.45) is 2.74. The van der Waals surface area contributed by atoms with Gasteiger partial charge in [-0.25, -0.2) is 4.98 Å². The molecule has 0 saturated heterocycles. The first-order valence-electron chi connectivity index (χ1n) is 6.22. The van der Waals surface area contributed by atoms with Crippen molar-refractivity contribution in [3.63, 3.8) is 0 Å². The fraction of sp³-hybridized carbons (Fsp3) is 0.462. The Morgan fingerprint density at radius 2 is 2.00 bits per heavy atom. The number of aliphatic hydroxyl groups is 2. The minimum atomic E-state index is -0.0748. The number of nitrogens with two attached hydrogens (primary N) is 1. The van der Waals surface area contributed by atoms with E-state index in [1.165, 1.54) is 0 Å². The molecule has 5 nitrogen and oxygen atoms in total. The maximum atomic E-state index is 9.34. The van der Waals surface area contributed by atoms with Crippen LogP contribution in [0.5, 0.6) is 0 Å². The number of anilines is 1. The van der Waals surface area contributed by atoms with Crippen molar-refractivity contribution >= 4 is 16.7 Å². The first-order valence-corrected chi connectivity index (χ1v) is 6.22. The summed E-state index contributed by atoms with van der Waals surface area (Å²) in [5.41, 5.74) is 8.22. The van der Waals surface area contributed by atoms with Crippen LogP contribution < -0.4 is 5.73 Å². The molecule has 18 heavy (non-hydrogen) atoms. The maximum absolute atomic E-state index is 9.34. The average molecular weight is 249 g/mol. The van der Waals surface area contributed by atoms with Gasteiger partial charge in [-0.2, -0.15) is 0 Å². The van der Waals surface area contributed by atoms with E-state index in [4.69, 9.17) is 10.8 Å². The highest BCUT2D eigenvalue weighted by atomic mass is 16.3. The Kier molecular flexibility index (Phi) is 4.17. The first kappa shape index (κ1) is 12.9. The predicted octanol–water partition coefficient (Wildman–Crippen LogP) is 1.27. The molecule has 0 aliphatic carbocycles. The van der Waals surface area contributed by atoms with Crippen molar-refractivity contribution in [2.75, 3.05) is 12.3 Å². The largest absolute Gasteiger partial charge is 0.399 e. The lowest BCUT2D eigenvalue weighted by Gasteiger charge is -2.07. The minimum absolute atomic E-state index is 0.0748. The van der Waals surface area contributed by atoms with E-state index in [0.29, 0.717) is 11.5 Å². The summed E-state index contributed by atoms with van der Waals surface area (Å²) in [4.78, 5) is 4.37. The lowest BCUT2D eigenvalue weighted by molar-refractivity contribution is 0.263. The van der Waals surface area contributed by atoms with Gasteiger partial charge in [0.15, 0.2) is 0 Å². The van der Waals surface area contributed by atoms with E-state index in [-0.39, 0.29) is 13.2 Å². The quantitative estimate of drug-likeness (QED) is 0.532. The second-order valence-corrected chi connectivity index (χ2v) is 4.37. The van der Waals surface area contributed by atoms with Crippen LogP contribution in [-0.2, 0) is 13.2 Å². The topological polar surface area (TPSA) is 84.3 Å². The molecule has 0 aliphatic heterocycles. The van der Waals surface area contributed by atoms with Gasteiger partial charge in [-0.05, 0) is 37.5 Å². The monoisotopic (exact) mass is 249 g/mol. The molecule has 1 aromatic heterocycles. The van der Waals surface area contributed by atoms with Gasteiger partial charge < -0.3 is 20.5 Å². The van der Waals surface area contributed by atoms with Gasteiger partial charge in [0, 0.05) is 18.8 Å². The zero-order chi connectivity index (χ0) is 13.0. The van der Waals surface area contributed by atoms with E-state index in [1.807, 2.05) is 22.8 Å². The molecule has 98 valence electrons. The molecule has 0 saturated carbocycles. The number of nitrogens with zero attached hydrogens (tertiary/aromatic N) is 2. The zero-order valence-corrected chi connectivity index (χ0v) is 10.3. The van der Waals surface area contributed by atoms with Crippen LogP contribution in [-0.4, -0.2) is 26.4 Å². The van der Waals surface area contributed by atoms with Gasteiger partial charge >= 0.3 is 0 Å². The van der Waals surface area contributed by atoms with Crippen LogP contribution in [0.1, 0.15) is 25.1 Å². The van der Waals surface area contributed by atoms with E-state index in [0.717, 1.165) is 36.8 Å². The van der Waals surface area contributed by atoms with E-state index in [2.05, 4.69) is 4.98 Å². The molecular weight excluding hydrogens is 230 g/mol. The summed E-state index contributed by atoms with van der Waals surface area (Å²) in [6, 6.07) is 5.59. The highest BCUT2D eigenvalue weighted by Crippen LogP contribution is 2.20. The molecule has 5 heteroatoms. The Hall–Kier alpha value is -1.59. The van der Waals surface area contributed by atoms with Gasteiger partial charge in [0.25, 0.3) is 0 Å². The fourth-order valence-electron chi connectivity index (χ4n) is 2.13. The number of aryl methyl sites for hydroxylation is 1. The van der Waals surface area contributed by atoms with Crippen LogP contribution in [0.25, 0.3) is 11.0 Å². The Balaban J connectivity index is 2.23. The van der Waals surface area contributed by atoms with E-state index in [9.17, 15) is 5.11 Å². The number of hydrogen-bond donors (Lipinski definition) is 3. The molecule has 0 atom stereocenters. The van der Waals surface area contributed by atoms with Crippen molar-refractivity contribution in [3.8, 4) is 0 Å². The van der Waals surface area contributed by atoms with Gasteiger partial charge in [-0.3, -0.25) is 0 Å². The van der Waals surface area contributed by atoms with Crippen LogP contribution in [0.4, 0.5) is 5.69 Å². The Morgan fingerprint density at radius 3 is 2.72 bits per heavy atom. The summed E-state index contributed by atoms with van der Waals surface area (Å²) in [6.45, 7) is 0.957. The van der Waals surface area contributed by atoms with Crippen LogP contribution in [0.2, 0.25) is 0 Å². The molecule has 1 aromatic carbocycles. The Labute approximate surface area is 106 Å². The predicted molar refractivity (Wildman–Crippen MR) is 71.0 cm³/mol. The lowest BCUT2D eigenvalue weighted by atomic mass is 10.2. The minimum Gasteiger partial charge on any atom is -0.399 e. The molecular formula is C13H19N3O2. The number of fused-ring (bicyclic) bond motifs is 1. The highest BCUT2D eigenvalue weighted by molar-refractivity contribution is 5.79. The summed E-state index contributed by atoms with van der Waals surface area (Å²) < 4.78 is 2.02. The number of unbranched alkanes of at least 4 members (excludes halogenated alkanes) is 2. The van der Waals surface area contributed by atoms with Gasteiger partial charge in [-0.1, -0.05) is 0 Å². The van der Waals surface area contributed by atoms with Crippen molar-refractivity contribution in [2.24, 2.45) is 0 Å². The van der Waals surface area contributed by atoms with Crippen molar-refractivity contribution in [3.05, 3.63) is 24.0 Å². The Bertz CT molecular complexity index is 522. The van der Waals surface area contributed by atoms with Crippen molar-refractivity contribution in [1.29, 1.82) is 0 Å². The van der Waals surface area contributed by atoms with Crippen molar-refractivity contribution < 1.29 is 10.2 Å². The second kappa shape index (κ2) is 5.84. The third kappa shape index (κ3) is 2.63. The third-order valence-corrected chi connectivity index (χ3v) is 3.03. The van der Waals surface area contributed by atoms with Crippen LogP contribution in [0, 0.1) is 0 Å². The molecule has 0 fully saturated rings. The standard InChI is InChI=1S/C13H19N3O2/c14-10-4-5-12-11(8-10)15-13(9-18)16(12)6-2-1-3-7-17/h4-5,8,17-18H,1-3,6-7,9,14H2. The number of aromatic nitrogens is 2. The van der Waals surface area contributed by atoms with Crippen molar-refractivity contribution in [2.45, 2.75) is 32.4 Å². The molecule has 0 bridgehead atoms. The maximum Gasteiger partial charge on any atom is 0.135 e. The number of nitrogen functional groups attached to an aromatic ring is 1. The molecule has 4 N–H and O–H groups in total. The summed E-state index contributed by atoms with van der Waals surface area (Å²) >= 11 is 0.